The fourth-order valence-corrected chi connectivity index (χ4v) is 1.79. The summed E-state index contributed by atoms with van der Waals surface area (Å²) in [7, 11) is 0. The molecule has 1 aromatic carbocycles. The standard InChI is InChI=1S/C15H18FN3O/c1-3-7-20-15-9-14(17-10-18-15)19-11(2)12-5-4-6-13(16)8-12/h4-6,8-11H,3,7H2,1-2H3,(H,17,18,19). The van der Waals surface area contributed by atoms with Crippen molar-refractivity contribution < 1.29 is 9.13 Å². The molecule has 1 unspecified atom stereocenters. The number of hydrogen-bond acceptors (Lipinski definition) is 4. The number of rotatable bonds is 6. The normalized spacial score (nSPS) is 11.9. The zero-order valence-electron chi connectivity index (χ0n) is 11.6. The third-order valence-corrected chi connectivity index (χ3v) is 2.81. The van der Waals surface area contributed by atoms with E-state index in [1.54, 1.807) is 12.1 Å². The molecule has 0 spiro atoms. The topological polar surface area (TPSA) is 47.0 Å². The second kappa shape index (κ2) is 6.84. The predicted octanol–water partition coefficient (Wildman–Crippen LogP) is 3.58. The lowest BCUT2D eigenvalue weighted by molar-refractivity contribution is 0.305. The molecule has 106 valence electrons. The Hall–Kier alpha value is -2.17. The van der Waals surface area contributed by atoms with Crippen LogP contribution in [0.5, 0.6) is 5.88 Å². The fraction of sp³-hybridized carbons (Fsp3) is 0.333. The maximum absolute atomic E-state index is 13.2. The molecule has 0 saturated heterocycles. The molecule has 0 bridgehead atoms. The van der Waals surface area contributed by atoms with Crippen LogP contribution in [0.2, 0.25) is 0 Å². The predicted molar refractivity (Wildman–Crippen MR) is 76.3 cm³/mol. The average molecular weight is 275 g/mol. The van der Waals surface area contributed by atoms with Crippen molar-refractivity contribution in [3.63, 3.8) is 0 Å². The molecule has 0 fully saturated rings. The molecule has 4 nitrogen and oxygen atoms in total. The summed E-state index contributed by atoms with van der Waals surface area (Å²) in [5, 5.41) is 3.20. The van der Waals surface area contributed by atoms with Crippen LogP contribution in [0.15, 0.2) is 36.7 Å². The highest BCUT2D eigenvalue weighted by Gasteiger charge is 2.08. The van der Waals surface area contributed by atoms with Gasteiger partial charge in [-0.3, -0.25) is 0 Å². The number of anilines is 1. The van der Waals surface area contributed by atoms with Crippen molar-refractivity contribution in [2.75, 3.05) is 11.9 Å². The Bertz CT molecular complexity index is 562. The molecule has 1 N–H and O–H groups in total. The Morgan fingerprint density at radius 2 is 2.15 bits per heavy atom. The third-order valence-electron chi connectivity index (χ3n) is 2.81. The van der Waals surface area contributed by atoms with Gasteiger partial charge in [-0.25, -0.2) is 14.4 Å². The van der Waals surface area contributed by atoms with E-state index in [0.717, 1.165) is 12.0 Å². The zero-order chi connectivity index (χ0) is 14.4. The van der Waals surface area contributed by atoms with Gasteiger partial charge >= 0.3 is 0 Å². The van der Waals surface area contributed by atoms with E-state index in [2.05, 4.69) is 15.3 Å². The quantitative estimate of drug-likeness (QED) is 0.875. The van der Waals surface area contributed by atoms with E-state index in [9.17, 15) is 4.39 Å². The maximum atomic E-state index is 13.2. The summed E-state index contributed by atoms with van der Waals surface area (Å²) >= 11 is 0. The first-order valence-electron chi connectivity index (χ1n) is 6.66. The smallest absolute Gasteiger partial charge is 0.218 e. The summed E-state index contributed by atoms with van der Waals surface area (Å²) in [6.45, 7) is 4.60. The lowest BCUT2D eigenvalue weighted by Gasteiger charge is -2.15. The van der Waals surface area contributed by atoms with Crippen LogP contribution >= 0.6 is 0 Å². The zero-order valence-corrected chi connectivity index (χ0v) is 11.6. The number of halogens is 1. The summed E-state index contributed by atoms with van der Waals surface area (Å²) in [5.74, 6) is 0.949. The van der Waals surface area contributed by atoms with Crippen molar-refractivity contribution in [3.8, 4) is 5.88 Å². The van der Waals surface area contributed by atoms with E-state index in [0.29, 0.717) is 18.3 Å². The highest BCUT2D eigenvalue weighted by Crippen LogP contribution is 2.20. The van der Waals surface area contributed by atoms with Crippen molar-refractivity contribution in [1.29, 1.82) is 0 Å². The van der Waals surface area contributed by atoms with Gasteiger partial charge in [0, 0.05) is 6.07 Å². The van der Waals surface area contributed by atoms with Crippen molar-refractivity contribution in [2.24, 2.45) is 0 Å². The first-order chi connectivity index (χ1) is 9.69. The van der Waals surface area contributed by atoms with E-state index in [4.69, 9.17) is 4.74 Å². The summed E-state index contributed by atoms with van der Waals surface area (Å²) < 4.78 is 18.6. The first-order valence-corrected chi connectivity index (χ1v) is 6.66. The number of benzene rings is 1. The molecule has 0 saturated carbocycles. The highest BCUT2D eigenvalue weighted by molar-refractivity contribution is 5.40. The Morgan fingerprint density at radius 1 is 1.30 bits per heavy atom. The molecule has 0 aliphatic carbocycles. The van der Waals surface area contributed by atoms with Gasteiger partial charge in [0.25, 0.3) is 0 Å². The van der Waals surface area contributed by atoms with Crippen LogP contribution in [0, 0.1) is 5.82 Å². The molecule has 1 atom stereocenters. The summed E-state index contributed by atoms with van der Waals surface area (Å²) in [4.78, 5) is 8.18. The summed E-state index contributed by atoms with van der Waals surface area (Å²) in [6, 6.07) is 8.19. The van der Waals surface area contributed by atoms with Gasteiger partial charge in [0.15, 0.2) is 0 Å². The van der Waals surface area contributed by atoms with Gasteiger partial charge in [-0.1, -0.05) is 19.1 Å². The first kappa shape index (κ1) is 14.2. The molecule has 0 aliphatic rings. The molecule has 0 amide bonds. The van der Waals surface area contributed by atoms with E-state index < -0.39 is 0 Å². The van der Waals surface area contributed by atoms with Crippen LogP contribution < -0.4 is 10.1 Å². The molecular formula is C15H18FN3O. The molecule has 5 heteroatoms. The van der Waals surface area contributed by atoms with Crippen molar-refractivity contribution >= 4 is 5.82 Å². The van der Waals surface area contributed by atoms with E-state index in [-0.39, 0.29) is 11.9 Å². The lowest BCUT2D eigenvalue weighted by atomic mass is 10.1. The molecular weight excluding hydrogens is 257 g/mol. The average Bonchev–Trinajstić information content (AvgIpc) is 2.45. The minimum Gasteiger partial charge on any atom is -0.478 e. The Morgan fingerprint density at radius 3 is 2.90 bits per heavy atom. The molecule has 1 heterocycles. The molecule has 2 aromatic rings. The molecule has 20 heavy (non-hydrogen) atoms. The van der Waals surface area contributed by atoms with Crippen LogP contribution in [-0.2, 0) is 0 Å². The van der Waals surface area contributed by atoms with E-state index >= 15 is 0 Å². The molecule has 0 aliphatic heterocycles. The van der Waals surface area contributed by atoms with Crippen LogP contribution in [0.4, 0.5) is 10.2 Å². The second-order valence-corrected chi connectivity index (χ2v) is 4.51. The maximum Gasteiger partial charge on any atom is 0.218 e. The Labute approximate surface area is 118 Å². The number of hydrogen-bond donors (Lipinski definition) is 1. The Kier molecular flexibility index (Phi) is 4.87. The molecule has 0 radical (unpaired) electrons. The largest absolute Gasteiger partial charge is 0.478 e. The fourth-order valence-electron chi connectivity index (χ4n) is 1.79. The van der Waals surface area contributed by atoms with Gasteiger partial charge in [-0.15, -0.1) is 0 Å². The third kappa shape index (κ3) is 3.91. The number of aromatic nitrogens is 2. The molecule has 1 aromatic heterocycles. The van der Waals surface area contributed by atoms with E-state index in [1.165, 1.54) is 18.5 Å². The highest BCUT2D eigenvalue weighted by atomic mass is 19.1. The number of ether oxygens (including phenoxy) is 1. The van der Waals surface area contributed by atoms with Gasteiger partial charge in [0.1, 0.15) is 18.0 Å². The second-order valence-electron chi connectivity index (χ2n) is 4.51. The van der Waals surface area contributed by atoms with Crippen LogP contribution in [0.1, 0.15) is 31.9 Å². The molecule has 2 rings (SSSR count). The van der Waals surface area contributed by atoms with Gasteiger partial charge in [0.05, 0.1) is 12.6 Å². The van der Waals surface area contributed by atoms with Crippen molar-refractivity contribution in [3.05, 3.63) is 48.0 Å². The minimum absolute atomic E-state index is 0.0559. The lowest BCUT2D eigenvalue weighted by Crippen LogP contribution is -2.09. The SMILES string of the molecule is CCCOc1cc(NC(C)c2cccc(F)c2)ncn1. The van der Waals surface area contributed by atoms with Gasteiger partial charge in [0.2, 0.25) is 5.88 Å². The van der Waals surface area contributed by atoms with Crippen LogP contribution in [0.3, 0.4) is 0 Å². The summed E-state index contributed by atoms with van der Waals surface area (Å²) in [6.07, 6.45) is 2.37. The van der Waals surface area contributed by atoms with Crippen molar-refractivity contribution in [2.45, 2.75) is 26.3 Å². The Balaban J connectivity index is 2.05. The van der Waals surface area contributed by atoms with Crippen LogP contribution in [0.25, 0.3) is 0 Å². The monoisotopic (exact) mass is 275 g/mol. The van der Waals surface area contributed by atoms with E-state index in [1.807, 2.05) is 19.9 Å². The van der Waals surface area contributed by atoms with Crippen LogP contribution in [-0.4, -0.2) is 16.6 Å². The summed E-state index contributed by atoms with van der Waals surface area (Å²) in [5.41, 5.74) is 0.861. The van der Waals surface area contributed by atoms with Gasteiger partial charge in [-0.05, 0) is 31.0 Å². The van der Waals surface area contributed by atoms with Gasteiger partial charge in [-0.2, -0.15) is 0 Å². The van der Waals surface area contributed by atoms with Gasteiger partial charge < -0.3 is 10.1 Å². The number of nitrogens with one attached hydrogen (secondary N) is 1. The minimum atomic E-state index is -0.245. The van der Waals surface area contributed by atoms with Crippen molar-refractivity contribution in [1.82, 2.24) is 9.97 Å². The number of nitrogens with zero attached hydrogens (tertiary/aromatic N) is 2.